The van der Waals surface area contributed by atoms with Gasteiger partial charge in [0.2, 0.25) is 5.91 Å². The molecule has 1 fully saturated rings. The molecule has 0 aromatic heterocycles. The fraction of sp³-hybridized carbons (Fsp3) is 0.471. The van der Waals surface area contributed by atoms with Crippen LogP contribution in [0, 0.1) is 18.8 Å². The quantitative estimate of drug-likeness (QED) is 0.808. The summed E-state index contributed by atoms with van der Waals surface area (Å²) in [5, 5.41) is 2.71. The van der Waals surface area contributed by atoms with Gasteiger partial charge in [0.1, 0.15) is 0 Å². The van der Waals surface area contributed by atoms with Crippen molar-refractivity contribution in [3.63, 3.8) is 0 Å². The lowest BCUT2D eigenvalue weighted by molar-refractivity contribution is -0.153. The highest BCUT2D eigenvalue weighted by atomic mass is 16.5. The van der Waals surface area contributed by atoms with E-state index in [2.05, 4.69) is 5.32 Å². The van der Waals surface area contributed by atoms with Crippen molar-refractivity contribution in [3.8, 4) is 0 Å². The van der Waals surface area contributed by atoms with Crippen LogP contribution in [0.4, 0.5) is 5.69 Å². The number of anilines is 1. The molecule has 124 valence electrons. The first-order valence-electron chi connectivity index (χ1n) is 7.64. The molecule has 1 aliphatic carbocycles. The molecule has 0 bridgehead atoms. The number of ether oxygens (including phenoxy) is 1. The summed E-state index contributed by atoms with van der Waals surface area (Å²) in [7, 11) is 1.50. The Morgan fingerprint density at radius 1 is 1.26 bits per heavy atom. The fourth-order valence-electron chi connectivity index (χ4n) is 2.14. The SMILES string of the molecule is Cc1ccc(NC(=O)CN(C)C(=O)COC(=O)[C@@H]2C[C@@H]2C)cc1. The molecule has 1 aliphatic rings. The highest BCUT2D eigenvalue weighted by molar-refractivity contribution is 5.94. The summed E-state index contributed by atoms with van der Waals surface area (Å²) in [6.07, 6.45) is 0.821. The molecular weight excluding hydrogens is 296 g/mol. The van der Waals surface area contributed by atoms with E-state index in [1.165, 1.54) is 11.9 Å². The summed E-state index contributed by atoms with van der Waals surface area (Å²) in [6.45, 7) is 3.51. The highest BCUT2D eigenvalue weighted by Crippen LogP contribution is 2.38. The lowest BCUT2D eigenvalue weighted by atomic mass is 10.2. The number of esters is 1. The van der Waals surface area contributed by atoms with Crippen molar-refractivity contribution in [2.75, 3.05) is 25.5 Å². The summed E-state index contributed by atoms with van der Waals surface area (Å²) >= 11 is 0. The second kappa shape index (κ2) is 7.26. The number of nitrogens with zero attached hydrogens (tertiary/aromatic N) is 1. The van der Waals surface area contributed by atoms with Crippen LogP contribution in [0.2, 0.25) is 0 Å². The van der Waals surface area contributed by atoms with Crippen molar-refractivity contribution in [1.82, 2.24) is 4.90 Å². The molecular formula is C17H22N2O4. The van der Waals surface area contributed by atoms with E-state index in [1.807, 2.05) is 26.0 Å². The molecule has 0 heterocycles. The Morgan fingerprint density at radius 3 is 2.43 bits per heavy atom. The van der Waals surface area contributed by atoms with Crippen molar-refractivity contribution in [1.29, 1.82) is 0 Å². The molecule has 23 heavy (non-hydrogen) atoms. The molecule has 0 unspecified atom stereocenters. The van der Waals surface area contributed by atoms with Gasteiger partial charge in [0, 0.05) is 12.7 Å². The number of carbonyl (C=O) groups excluding carboxylic acids is 3. The van der Waals surface area contributed by atoms with Crippen molar-refractivity contribution in [2.45, 2.75) is 20.3 Å². The minimum Gasteiger partial charge on any atom is -0.455 e. The van der Waals surface area contributed by atoms with Crippen LogP contribution < -0.4 is 5.32 Å². The first kappa shape index (κ1) is 17.0. The van der Waals surface area contributed by atoms with E-state index in [0.29, 0.717) is 11.6 Å². The smallest absolute Gasteiger partial charge is 0.309 e. The van der Waals surface area contributed by atoms with Crippen molar-refractivity contribution in [3.05, 3.63) is 29.8 Å². The van der Waals surface area contributed by atoms with Crippen molar-refractivity contribution < 1.29 is 19.1 Å². The number of rotatable bonds is 6. The molecule has 0 radical (unpaired) electrons. The highest BCUT2D eigenvalue weighted by Gasteiger charge is 2.40. The van der Waals surface area contributed by atoms with E-state index in [0.717, 1.165) is 12.0 Å². The molecule has 0 saturated heterocycles. The van der Waals surface area contributed by atoms with Gasteiger partial charge in [-0.15, -0.1) is 0 Å². The maximum Gasteiger partial charge on any atom is 0.309 e. The van der Waals surface area contributed by atoms with E-state index < -0.39 is 5.91 Å². The standard InChI is InChI=1S/C17H22N2O4/c1-11-4-6-13(7-5-11)18-15(20)9-19(3)16(21)10-23-17(22)14-8-12(14)2/h4-7,12,14H,8-10H2,1-3H3,(H,18,20)/t12-,14+/m0/s1. The molecule has 0 spiro atoms. The van der Waals surface area contributed by atoms with Crippen LogP contribution in [0.5, 0.6) is 0 Å². The van der Waals surface area contributed by atoms with E-state index in [9.17, 15) is 14.4 Å². The number of benzene rings is 1. The van der Waals surface area contributed by atoms with Crippen molar-refractivity contribution in [2.24, 2.45) is 11.8 Å². The predicted molar refractivity (Wildman–Crippen MR) is 85.7 cm³/mol. The van der Waals surface area contributed by atoms with Gasteiger partial charge in [0.05, 0.1) is 12.5 Å². The Bertz CT molecular complexity index is 597. The minimum absolute atomic E-state index is 0.0713. The zero-order chi connectivity index (χ0) is 17.0. The van der Waals surface area contributed by atoms with Gasteiger partial charge in [0.15, 0.2) is 6.61 Å². The van der Waals surface area contributed by atoms with Gasteiger partial charge in [-0.1, -0.05) is 24.6 Å². The topological polar surface area (TPSA) is 75.7 Å². The number of hydrogen-bond donors (Lipinski definition) is 1. The van der Waals surface area contributed by atoms with Crippen LogP contribution >= 0.6 is 0 Å². The average molecular weight is 318 g/mol. The van der Waals surface area contributed by atoms with Crippen LogP contribution in [0.3, 0.4) is 0 Å². The number of hydrogen-bond acceptors (Lipinski definition) is 4. The summed E-state index contributed by atoms with van der Waals surface area (Å²) < 4.78 is 4.97. The lowest BCUT2D eigenvalue weighted by Crippen LogP contribution is -2.37. The summed E-state index contributed by atoms with van der Waals surface area (Å²) in [5.41, 5.74) is 1.78. The summed E-state index contributed by atoms with van der Waals surface area (Å²) in [4.78, 5) is 36.6. The first-order chi connectivity index (χ1) is 10.9. The Balaban J connectivity index is 1.72. The van der Waals surface area contributed by atoms with Crippen LogP contribution in [0.15, 0.2) is 24.3 Å². The molecule has 2 rings (SSSR count). The fourth-order valence-corrected chi connectivity index (χ4v) is 2.14. The van der Waals surface area contributed by atoms with Gasteiger partial charge in [-0.25, -0.2) is 0 Å². The van der Waals surface area contributed by atoms with Crippen LogP contribution in [-0.4, -0.2) is 42.9 Å². The van der Waals surface area contributed by atoms with Gasteiger partial charge in [-0.3, -0.25) is 14.4 Å². The second-order valence-electron chi connectivity index (χ2n) is 6.09. The number of likely N-dealkylation sites (N-methyl/N-ethyl adjacent to an activating group) is 1. The normalized spacial score (nSPS) is 18.9. The molecule has 6 nitrogen and oxygen atoms in total. The van der Waals surface area contributed by atoms with E-state index in [1.54, 1.807) is 12.1 Å². The lowest BCUT2D eigenvalue weighted by Gasteiger charge is -2.16. The van der Waals surface area contributed by atoms with Gasteiger partial charge >= 0.3 is 5.97 Å². The molecule has 2 amide bonds. The van der Waals surface area contributed by atoms with Crippen molar-refractivity contribution >= 4 is 23.5 Å². The third-order valence-electron chi connectivity index (χ3n) is 3.89. The Labute approximate surface area is 135 Å². The third-order valence-corrected chi connectivity index (χ3v) is 3.89. The second-order valence-corrected chi connectivity index (χ2v) is 6.09. The number of aryl methyl sites for hydroxylation is 1. The summed E-state index contributed by atoms with van der Waals surface area (Å²) in [6, 6.07) is 7.38. The van der Waals surface area contributed by atoms with Crippen LogP contribution in [0.25, 0.3) is 0 Å². The number of carbonyl (C=O) groups is 3. The average Bonchev–Trinajstić information content (AvgIpc) is 3.23. The van der Waals surface area contributed by atoms with Gasteiger partial charge in [-0.05, 0) is 31.4 Å². The van der Waals surface area contributed by atoms with Crippen LogP contribution in [0.1, 0.15) is 18.9 Å². The zero-order valence-electron chi connectivity index (χ0n) is 13.7. The Kier molecular flexibility index (Phi) is 5.36. The molecule has 0 aliphatic heterocycles. The van der Waals surface area contributed by atoms with Gasteiger partial charge < -0.3 is 15.0 Å². The molecule has 1 aromatic carbocycles. The van der Waals surface area contributed by atoms with E-state index in [4.69, 9.17) is 4.74 Å². The third kappa shape index (κ3) is 5.09. The molecule has 1 N–H and O–H groups in total. The number of nitrogens with one attached hydrogen (secondary N) is 1. The maximum absolute atomic E-state index is 11.9. The summed E-state index contributed by atoms with van der Waals surface area (Å²) in [5.74, 6) is -0.755. The Morgan fingerprint density at radius 2 is 1.87 bits per heavy atom. The maximum atomic E-state index is 11.9. The van der Waals surface area contributed by atoms with Crippen LogP contribution in [-0.2, 0) is 19.1 Å². The first-order valence-corrected chi connectivity index (χ1v) is 7.64. The van der Waals surface area contributed by atoms with Gasteiger partial charge in [-0.2, -0.15) is 0 Å². The zero-order valence-corrected chi connectivity index (χ0v) is 13.7. The van der Waals surface area contributed by atoms with E-state index in [-0.39, 0.29) is 30.9 Å². The van der Waals surface area contributed by atoms with Gasteiger partial charge in [0.25, 0.3) is 5.91 Å². The number of amides is 2. The largest absolute Gasteiger partial charge is 0.455 e. The molecule has 1 aromatic rings. The molecule has 2 atom stereocenters. The molecule has 1 saturated carbocycles. The minimum atomic E-state index is -0.397. The van der Waals surface area contributed by atoms with E-state index >= 15 is 0 Å². The Hall–Kier alpha value is -2.37. The monoisotopic (exact) mass is 318 g/mol. The molecule has 6 heteroatoms. The predicted octanol–water partition coefficient (Wildman–Crippen LogP) is 1.59.